The van der Waals surface area contributed by atoms with Gasteiger partial charge in [-0.15, -0.1) is 0 Å². The maximum Gasteiger partial charge on any atom is 0.311 e. The number of nitrogens with zero attached hydrogens (tertiary/aromatic N) is 2. The molecule has 1 N–H and O–H groups in total. The summed E-state index contributed by atoms with van der Waals surface area (Å²) in [4.78, 5) is 47.5. The third kappa shape index (κ3) is 6.73. The van der Waals surface area contributed by atoms with E-state index in [2.05, 4.69) is 5.32 Å². The highest BCUT2D eigenvalue weighted by Crippen LogP contribution is 2.18. The number of para-hydroxylation sites is 1. The van der Waals surface area contributed by atoms with Crippen LogP contribution in [0.4, 0.5) is 11.4 Å². The van der Waals surface area contributed by atoms with E-state index in [0.717, 1.165) is 10.5 Å². The van der Waals surface area contributed by atoms with Gasteiger partial charge in [-0.2, -0.15) is 0 Å². The van der Waals surface area contributed by atoms with E-state index in [4.69, 9.17) is 4.74 Å². The minimum atomic E-state index is -0.773. The molecule has 0 unspecified atom stereocenters. The lowest BCUT2D eigenvalue weighted by Gasteiger charge is -2.17. The highest BCUT2D eigenvalue weighted by molar-refractivity contribution is 5.94. The fourth-order valence-corrected chi connectivity index (χ4v) is 2.44. The molecule has 2 aromatic carbocycles. The number of hydrogen-bond acceptors (Lipinski definition) is 6. The number of carbonyl (C=O) groups is 3. The molecule has 0 heterocycles. The van der Waals surface area contributed by atoms with Crippen LogP contribution >= 0.6 is 0 Å². The molecule has 2 aromatic rings. The Hall–Kier alpha value is -3.75. The van der Waals surface area contributed by atoms with Gasteiger partial charge >= 0.3 is 5.97 Å². The van der Waals surface area contributed by atoms with Gasteiger partial charge in [-0.25, -0.2) is 0 Å². The highest BCUT2D eigenvalue weighted by atomic mass is 16.6. The Labute approximate surface area is 167 Å². The summed E-state index contributed by atoms with van der Waals surface area (Å²) in [6, 6.07) is 13.0. The normalized spacial score (nSPS) is 10.1. The second kappa shape index (κ2) is 9.98. The topological polar surface area (TPSA) is 119 Å². The number of benzene rings is 2. The van der Waals surface area contributed by atoms with Crippen LogP contribution in [0.1, 0.15) is 11.1 Å². The number of nitro benzene ring substituents is 1. The monoisotopic (exact) mass is 399 g/mol. The molecule has 9 nitrogen and oxygen atoms in total. The lowest BCUT2D eigenvalue weighted by atomic mass is 10.1. The van der Waals surface area contributed by atoms with Gasteiger partial charge in [0.2, 0.25) is 5.91 Å². The van der Waals surface area contributed by atoms with Crippen molar-refractivity contribution in [3.63, 3.8) is 0 Å². The standard InChI is InChI=1S/C20H21N3O6/c1-14-7-9-16(10-8-14)21-18(24)12-22(2)19(25)13-29-20(26)11-15-5-3-4-6-17(15)23(27)28/h3-10H,11-13H2,1-2H3,(H,21,24). The molecule has 0 spiro atoms. The molecule has 0 aliphatic rings. The van der Waals surface area contributed by atoms with Crippen LogP contribution in [0, 0.1) is 17.0 Å². The van der Waals surface area contributed by atoms with E-state index in [9.17, 15) is 24.5 Å². The van der Waals surface area contributed by atoms with Crippen LogP contribution in [-0.4, -0.2) is 47.8 Å². The molecule has 0 saturated carbocycles. The molecule has 0 aliphatic carbocycles. The fourth-order valence-electron chi connectivity index (χ4n) is 2.44. The molecule has 0 bridgehead atoms. The lowest BCUT2D eigenvalue weighted by molar-refractivity contribution is -0.385. The van der Waals surface area contributed by atoms with E-state index in [1.54, 1.807) is 18.2 Å². The number of esters is 1. The molecular formula is C20H21N3O6. The molecular weight excluding hydrogens is 378 g/mol. The minimum Gasteiger partial charge on any atom is -0.455 e. The predicted molar refractivity (Wildman–Crippen MR) is 105 cm³/mol. The fraction of sp³-hybridized carbons (Fsp3) is 0.250. The first-order valence-electron chi connectivity index (χ1n) is 8.74. The van der Waals surface area contributed by atoms with E-state index in [1.807, 2.05) is 19.1 Å². The van der Waals surface area contributed by atoms with Crippen molar-refractivity contribution < 1.29 is 24.0 Å². The molecule has 29 heavy (non-hydrogen) atoms. The number of hydrogen-bond donors (Lipinski definition) is 1. The molecule has 0 radical (unpaired) electrons. The Morgan fingerprint density at radius 3 is 2.41 bits per heavy atom. The SMILES string of the molecule is Cc1ccc(NC(=O)CN(C)C(=O)COC(=O)Cc2ccccc2[N+](=O)[O-])cc1. The Kier molecular flexibility index (Phi) is 7.41. The van der Waals surface area contributed by atoms with Crippen molar-refractivity contribution in [2.45, 2.75) is 13.3 Å². The van der Waals surface area contributed by atoms with Crippen molar-refractivity contribution in [1.82, 2.24) is 4.90 Å². The largest absolute Gasteiger partial charge is 0.455 e. The molecule has 0 aromatic heterocycles. The molecule has 2 amide bonds. The van der Waals surface area contributed by atoms with Crippen molar-refractivity contribution >= 4 is 29.2 Å². The molecule has 9 heteroatoms. The van der Waals surface area contributed by atoms with Crippen LogP contribution < -0.4 is 5.32 Å². The summed E-state index contributed by atoms with van der Waals surface area (Å²) < 4.78 is 4.89. The second-order valence-electron chi connectivity index (χ2n) is 6.39. The van der Waals surface area contributed by atoms with E-state index in [0.29, 0.717) is 5.69 Å². The van der Waals surface area contributed by atoms with Crippen molar-refractivity contribution in [3.05, 3.63) is 69.8 Å². The van der Waals surface area contributed by atoms with Gasteiger partial charge in [0.15, 0.2) is 6.61 Å². The maximum absolute atomic E-state index is 12.1. The summed E-state index contributed by atoms with van der Waals surface area (Å²) in [5.74, 6) is -1.74. The summed E-state index contributed by atoms with van der Waals surface area (Å²) in [6.07, 6.45) is -0.331. The smallest absolute Gasteiger partial charge is 0.311 e. The molecule has 0 atom stereocenters. The van der Waals surface area contributed by atoms with Crippen LogP contribution in [0.15, 0.2) is 48.5 Å². The zero-order valence-corrected chi connectivity index (χ0v) is 16.1. The van der Waals surface area contributed by atoms with Crippen LogP contribution in [0.2, 0.25) is 0 Å². The number of amides is 2. The summed E-state index contributed by atoms with van der Waals surface area (Å²) in [5.41, 5.74) is 1.66. The zero-order valence-electron chi connectivity index (χ0n) is 16.1. The lowest BCUT2D eigenvalue weighted by Crippen LogP contribution is -2.37. The molecule has 2 rings (SSSR count). The number of likely N-dealkylation sites (N-methyl/N-ethyl adjacent to an activating group) is 1. The second-order valence-corrected chi connectivity index (χ2v) is 6.39. The first-order chi connectivity index (χ1) is 13.8. The van der Waals surface area contributed by atoms with Crippen LogP contribution in [0.3, 0.4) is 0 Å². The van der Waals surface area contributed by atoms with Gasteiger partial charge in [-0.3, -0.25) is 24.5 Å². The summed E-state index contributed by atoms with van der Waals surface area (Å²) in [5, 5.41) is 13.6. The number of nitro groups is 1. The Morgan fingerprint density at radius 2 is 1.76 bits per heavy atom. The quantitative estimate of drug-likeness (QED) is 0.412. The van der Waals surface area contributed by atoms with Crippen molar-refractivity contribution in [3.8, 4) is 0 Å². The van der Waals surface area contributed by atoms with E-state index < -0.39 is 29.3 Å². The van der Waals surface area contributed by atoms with Crippen molar-refractivity contribution in [2.75, 3.05) is 25.5 Å². The van der Waals surface area contributed by atoms with Gasteiger partial charge in [-0.1, -0.05) is 35.9 Å². The average Bonchev–Trinajstić information content (AvgIpc) is 2.68. The van der Waals surface area contributed by atoms with Gasteiger partial charge in [0, 0.05) is 24.4 Å². The Bertz CT molecular complexity index is 911. The number of carbonyl (C=O) groups excluding carboxylic acids is 3. The van der Waals surface area contributed by atoms with Gasteiger partial charge in [0.05, 0.1) is 17.9 Å². The molecule has 0 aliphatic heterocycles. The molecule has 0 fully saturated rings. The van der Waals surface area contributed by atoms with Crippen LogP contribution in [0.25, 0.3) is 0 Å². The van der Waals surface area contributed by atoms with Gasteiger partial charge in [-0.05, 0) is 19.1 Å². The highest BCUT2D eigenvalue weighted by Gasteiger charge is 2.19. The van der Waals surface area contributed by atoms with E-state index >= 15 is 0 Å². The van der Waals surface area contributed by atoms with Gasteiger partial charge < -0.3 is 15.0 Å². The van der Waals surface area contributed by atoms with E-state index in [-0.39, 0.29) is 24.2 Å². The average molecular weight is 399 g/mol. The van der Waals surface area contributed by atoms with Crippen molar-refractivity contribution in [2.24, 2.45) is 0 Å². The number of rotatable bonds is 8. The van der Waals surface area contributed by atoms with Gasteiger partial charge in [0.25, 0.3) is 11.6 Å². The van der Waals surface area contributed by atoms with Crippen LogP contribution in [0.5, 0.6) is 0 Å². The minimum absolute atomic E-state index is 0.194. The molecule has 152 valence electrons. The first-order valence-corrected chi connectivity index (χ1v) is 8.74. The number of anilines is 1. The number of nitrogens with one attached hydrogen (secondary N) is 1. The molecule has 0 saturated heterocycles. The first kappa shape index (κ1) is 21.5. The third-order valence-electron chi connectivity index (χ3n) is 4.02. The number of ether oxygens (including phenoxy) is 1. The third-order valence-corrected chi connectivity index (χ3v) is 4.02. The summed E-state index contributed by atoms with van der Waals surface area (Å²) in [6.45, 7) is 1.15. The summed E-state index contributed by atoms with van der Waals surface area (Å²) >= 11 is 0. The number of aryl methyl sites for hydroxylation is 1. The predicted octanol–water partition coefficient (Wildman–Crippen LogP) is 2.09. The Morgan fingerprint density at radius 1 is 1.10 bits per heavy atom. The van der Waals surface area contributed by atoms with Crippen LogP contribution in [-0.2, 0) is 25.5 Å². The van der Waals surface area contributed by atoms with E-state index in [1.165, 1.54) is 25.2 Å². The zero-order chi connectivity index (χ0) is 21.4. The van der Waals surface area contributed by atoms with Gasteiger partial charge in [0.1, 0.15) is 0 Å². The summed E-state index contributed by atoms with van der Waals surface area (Å²) in [7, 11) is 1.41. The Balaban J connectivity index is 1.80. The van der Waals surface area contributed by atoms with Crippen molar-refractivity contribution in [1.29, 1.82) is 0 Å². The maximum atomic E-state index is 12.1.